The Kier molecular flexibility index (Phi) is 7.16. The van der Waals surface area contributed by atoms with Crippen molar-refractivity contribution in [2.45, 2.75) is 25.7 Å². The third-order valence-electron chi connectivity index (χ3n) is 5.17. The molecule has 0 saturated carbocycles. The van der Waals surface area contributed by atoms with E-state index in [4.69, 9.17) is 16.5 Å². The zero-order valence-electron chi connectivity index (χ0n) is 17.4. The Morgan fingerprint density at radius 3 is 2.39 bits per heavy atom. The van der Waals surface area contributed by atoms with Gasteiger partial charge in [-0.2, -0.15) is 42.0 Å². The molecule has 154 valence electrons. The van der Waals surface area contributed by atoms with Crippen molar-refractivity contribution in [1.82, 2.24) is 9.97 Å². The summed E-state index contributed by atoms with van der Waals surface area (Å²) in [5.41, 5.74) is 5.87. The molecule has 0 spiro atoms. The predicted molar refractivity (Wildman–Crippen MR) is 119 cm³/mol. The summed E-state index contributed by atoms with van der Waals surface area (Å²) >= 11 is 0. The van der Waals surface area contributed by atoms with Crippen LogP contribution in [-0.4, -0.2) is 9.97 Å². The van der Waals surface area contributed by atoms with Crippen LogP contribution in [0.25, 0.3) is 16.1 Å². The van der Waals surface area contributed by atoms with Gasteiger partial charge in [0.15, 0.2) is 0 Å². The van der Waals surface area contributed by atoms with Gasteiger partial charge < -0.3 is 4.98 Å². The molecule has 4 heteroatoms. The van der Waals surface area contributed by atoms with Crippen molar-refractivity contribution < 1.29 is 21.1 Å². The second kappa shape index (κ2) is 9.82. The smallest absolute Gasteiger partial charge is 0.300 e. The van der Waals surface area contributed by atoms with Crippen molar-refractivity contribution in [2.24, 2.45) is 0 Å². The average molecular weight is 583 g/mol. The van der Waals surface area contributed by atoms with Gasteiger partial charge in [0.05, 0.1) is 12.3 Å². The maximum absolute atomic E-state index is 7.24. The molecule has 0 aliphatic rings. The minimum atomic E-state index is -0.371. The SMILES string of the molecule is [C-]#[N+]c1cc[c-]c(-c2cccc(C(C)(C)c3cccc(Cc4[c-]cccc4)n3)n2)c1.[Pt+2]. The molecular weight excluding hydrogens is 561 g/mol. The van der Waals surface area contributed by atoms with Gasteiger partial charge in [-0.25, -0.2) is 0 Å². The van der Waals surface area contributed by atoms with E-state index in [2.05, 4.69) is 55.1 Å². The molecule has 0 unspecified atom stereocenters. The summed E-state index contributed by atoms with van der Waals surface area (Å²) in [7, 11) is 0. The van der Waals surface area contributed by atoms with Crippen LogP contribution in [0.15, 0.2) is 78.9 Å². The Labute approximate surface area is 198 Å². The van der Waals surface area contributed by atoms with Gasteiger partial charge in [-0.05, 0) is 44.2 Å². The largest absolute Gasteiger partial charge is 2.00 e. The fourth-order valence-corrected chi connectivity index (χ4v) is 3.40. The molecule has 0 fully saturated rings. The summed E-state index contributed by atoms with van der Waals surface area (Å²) in [5.74, 6) is 0. The number of hydrogen-bond donors (Lipinski definition) is 0. The molecule has 2 aromatic heterocycles. The Morgan fingerprint density at radius 1 is 0.871 bits per heavy atom. The van der Waals surface area contributed by atoms with Gasteiger partial charge in [-0.3, -0.25) is 9.83 Å². The van der Waals surface area contributed by atoms with Crippen molar-refractivity contribution in [3.05, 3.63) is 125 Å². The van der Waals surface area contributed by atoms with Crippen LogP contribution in [0.1, 0.15) is 36.5 Å². The van der Waals surface area contributed by atoms with Crippen LogP contribution in [0.4, 0.5) is 5.69 Å². The molecule has 31 heavy (non-hydrogen) atoms. The summed E-state index contributed by atoms with van der Waals surface area (Å²) in [4.78, 5) is 13.3. The maximum Gasteiger partial charge on any atom is 2.00 e. The normalized spacial score (nSPS) is 10.7. The molecule has 0 N–H and O–H groups in total. The van der Waals surface area contributed by atoms with Crippen molar-refractivity contribution in [2.75, 3.05) is 0 Å². The molecule has 2 heterocycles. The van der Waals surface area contributed by atoms with E-state index in [-0.39, 0.29) is 26.5 Å². The zero-order valence-corrected chi connectivity index (χ0v) is 19.6. The molecule has 3 nitrogen and oxygen atoms in total. The molecule has 4 aromatic rings. The first-order chi connectivity index (χ1) is 14.6. The first-order valence-electron chi connectivity index (χ1n) is 9.85. The molecule has 0 bridgehead atoms. The molecule has 0 radical (unpaired) electrons. The van der Waals surface area contributed by atoms with Crippen molar-refractivity contribution in [3.63, 3.8) is 0 Å². The zero-order chi connectivity index (χ0) is 21.0. The Hall–Kier alpha value is -3.08. The van der Waals surface area contributed by atoms with E-state index in [0.717, 1.165) is 40.3 Å². The fourth-order valence-electron chi connectivity index (χ4n) is 3.40. The molecule has 0 atom stereocenters. The van der Waals surface area contributed by atoms with Crippen LogP contribution < -0.4 is 0 Å². The van der Waals surface area contributed by atoms with Gasteiger partial charge in [0.25, 0.3) is 0 Å². The monoisotopic (exact) mass is 582 g/mol. The van der Waals surface area contributed by atoms with Crippen molar-refractivity contribution in [3.8, 4) is 11.3 Å². The van der Waals surface area contributed by atoms with Crippen LogP contribution >= 0.6 is 0 Å². The molecular formula is C27H21N3Pt. The molecule has 0 saturated heterocycles. The summed E-state index contributed by atoms with van der Waals surface area (Å²) in [6.45, 7) is 11.5. The molecule has 0 aliphatic carbocycles. The van der Waals surface area contributed by atoms with E-state index >= 15 is 0 Å². The summed E-state index contributed by atoms with van der Waals surface area (Å²) in [6.07, 6.45) is 0.747. The summed E-state index contributed by atoms with van der Waals surface area (Å²) < 4.78 is 0. The van der Waals surface area contributed by atoms with E-state index in [1.54, 1.807) is 12.1 Å². The second-order valence-corrected chi connectivity index (χ2v) is 7.68. The second-order valence-electron chi connectivity index (χ2n) is 7.68. The Balaban J connectivity index is 0.00000272. The molecule has 0 aliphatic heterocycles. The van der Waals surface area contributed by atoms with E-state index in [0.29, 0.717) is 5.69 Å². The van der Waals surface area contributed by atoms with Crippen molar-refractivity contribution >= 4 is 5.69 Å². The van der Waals surface area contributed by atoms with E-state index in [1.165, 1.54) is 0 Å². The quantitative estimate of drug-likeness (QED) is 0.262. The van der Waals surface area contributed by atoms with Crippen LogP contribution in [0.3, 0.4) is 0 Å². The van der Waals surface area contributed by atoms with Crippen molar-refractivity contribution in [1.29, 1.82) is 0 Å². The van der Waals surface area contributed by atoms with E-state index < -0.39 is 0 Å². The summed E-state index contributed by atoms with van der Waals surface area (Å²) in [6, 6.07) is 31.9. The minimum absolute atomic E-state index is 0. The molecule has 2 aromatic carbocycles. The average Bonchev–Trinajstić information content (AvgIpc) is 2.80. The fraction of sp³-hybridized carbons (Fsp3) is 0.148. The first kappa shape index (κ1) is 22.6. The number of hydrogen-bond acceptors (Lipinski definition) is 2. The third-order valence-corrected chi connectivity index (χ3v) is 5.17. The van der Waals surface area contributed by atoms with Gasteiger partial charge in [0.2, 0.25) is 0 Å². The van der Waals surface area contributed by atoms with Gasteiger partial charge >= 0.3 is 21.1 Å². The van der Waals surface area contributed by atoms with E-state index in [9.17, 15) is 0 Å². The Bertz CT molecular complexity index is 1210. The number of nitrogens with zero attached hydrogens (tertiary/aromatic N) is 3. The number of pyridine rings is 2. The van der Waals surface area contributed by atoms with Crippen LogP contribution in [-0.2, 0) is 32.9 Å². The van der Waals surface area contributed by atoms with Crippen LogP contribution in [0, 0.1) is 18.7 Å². The number of rotatable bonds is 5. The van der Waals surface area contributed by atoms with Gasteiger partial charge in [-0.15, -0.1) is 23.8 Å². The Morgan fingerprint density at radius 2 is 1.65 bits per heavy atom. The predicted octanol–water partition coefficient (Wildman–Crippen LogP) is 6.21. The topological polar surface area (TPSA) is 30.1 Å². The van der Waals surface area contributed by atoms with Gasteiger partial charge in [0.1, 0.15) is 5.69 Å². The van der Waals surface area contributed by atoms with Crippen LogP contribution in [0.2, 0.25) is 0 Å². The summed E-state index contributed by atoms with van der Waals surface area (Å²) in [5, 5.41) is 0. The minimum Gasteiger partial charge on any atom is -0.300 e. The van der Waals surface area contributed by atoms with E-state index in [1.807, 2.05) is 42.5 Å². The van der Waals surface area contributed by atoms with Gasteiger partial charge in [-0.1, -0.05) is 18.2 Å². The standard InChI is InChI=1S/C27H21N3.Pt/c1-27(2,25-16-8-14-23(29-25)18-20-10-5-4-6-11-20)26-17-9-15-24(30-26)21-12-7-13-22(19-21)28-3;/h4-10,13-17,19H,18H2,1-2H3;/q-2;+2. The number of benzene rings is 2. The number of aromatic nitrogens is 2. The van der Waals surface area contributed by atoms with Crippen LogP contribution in [0.5, 0.6) is 0 Å². The third kappa shape index (κ3) is 5.16. The maximum atomic E-state index is 7.24. The van der Waals surface area contributed by atoms with Gasteiger partial charge in [0, 0.05) is 16.8 Å². The first-order valence-corrected chi connectivity index (χ1v) is 9.85. The molecule has 4 rings (SSSR count). The molecule has 0 amide bonds.